The van der Waals surface area contributed by atoms with Crippen molar-refractivity contribution in [2.75, 3.05) is 18.6 Å². The Balaban J connectivity index is 1.64. The molecule has 140 valence electrons. The first-order valence-corrected chi connectivity index (χ1v) is 8.94. The van der Waals surface area contributed by atoms with Gasteiger partial charge in [0.25, 0.3) is 5.91 Å². The zero-order valence-electron chi connectivity index (χ0n) is 14.2. The lowest BCUT2D eigenvalue weighted by Gasteiger charge is -2.38. The number of amides is 1. The number of hydrazine groups is 1. The first kappa shape index (κ1) is 17.8. The number of halogens is 4. The molecule has 0 radical (unpaired) electrons. The Morgan fingerprint density at radius 2 is 1.96 bits per heavy atom. The number of hydrogen-bond acceptors (Lipinski definition) is 3. The lowest BCUT2D eigenvalue weighted by atomic mass is 10.0. The third-order valence-corrected chi connectivity index (χ3v) is 5.06. The second kappa shape index (κ2) is 6.26. The van der Waals surface area contributed by atoms with Gasteiger partial charge in [-0.3, -0.25) is 9.80 Å². The molecule has 27 heavy (non-hydrogen) atoms. The summed E-state index contributed by atoms with van der Waals surface area (Å²) in [6.45, 7) is 0.279. The predicted molar refractivity (Wildman–Crippen MR) is 97.5 cm³/mol. The SMILES string of the molecule is CN1c2ccc(C(F)(F)F)cc2CCN1C(=O)c1cc2ccc(Br)cn2n1. The van der Waals surface area contributed by atoms with Crippen molar-refractivity contribution >= 4 is 33.0 Å². The number of fused-ring (bicyclic) bond motifs is 2. The highest BCUT2D eigenvalue weighted by atomic mass is 79.9. The lowest BCUT2D eigenvalue weighted by Crippen LogP contribution is -2.48. The molecule has 1 aliphatic rings. The van der Waals surface area contributed by atoms with E-state index in [1.807, 2.05) is 12.1 Å². The van der Waals surface area contributed by atoms with Gasteiger partial charge in [0.1, 0.15) is 0 Å². The summed E-state index contributed by atoms with van der Waals surface area (Å²) in [7, 11) is 1.66. The van der Waals surface area contributed by atoms with E-state index in [4.69, 9.17) is 0 Å². The fraction of sp³-hybridized carbons (Fsp3) is 0.222. The van der Waals surface area contributed by atoms with Crippen LogP contribution in [0, 0.1) is 0 Å². The number of rotatable bonds is 1. The van der Waals surface area contributed by atoms with E-state index < -0.39 is 11.7 Å². The average Bonchev–Trinajstić information content (AvgIpc) is 3.03. The molecule has 0 saturated carbocycles. The van der Waals surface area contributed by atoms with Crippen LogP contribution in [0.2, 0.25) is 0 Å². The van der Waals surface area contributed by atoms with Gasteiger partial charge in [-0.15, -0.1) is 0 Å². The molecular formula is C18H14BrF3N4O. The monoisotopic (exact) mass is 438 g/mol. The number of anilines is 1. The molecule has 5 nitrogen and oxygen atoms in total. The van der Waals surface area contributed by atoms with Crippen molar-refractivity contribution in [2.24, 2.45) is 0 Å². The molecule has 0 fully saturated rings. The van der Waals surface area contributed by atoms with Crippen LogP contribution in [-0.4, -0.2) is 34.1 Å². The molecule has 3 aromatic rings. The molecule has 0 N–H and O–H groups in total. The van der Waals surface area contributed by atoms with Gasteiger partial charge in [-0.1, -0.05) is 0 Å². The fourth-order valence-corrected chi connectivity index (χ4v) is 3.55. The van der Waals surface area contributed by atoms with E-state index >= 15 is 0 Å². The van der Waals surface area contributed by atoms with Gasteiger partial charge >= 0.3 is 6.18 Å². The topological polar surface area (TPSA) is 40.9 Å². The van der Waals surface area contributed by atoms with Gasteiger partial charge in [-0.05, 0) is 64.3 Å². The largest absolute Gasteiger partial charge is 0.416 e. The quantitative estimate of drug-likeness (QED) is 0.572. The number of carbonyl (C=O) groups excluding carboxylic acids is 1. The van der Waals surface area contributed by atoms with Crippen molar-refractivity contribution < 1.29 is 18.0 Å². The number of alkyl halides is 3. The van der Waals surface area contributed by atoms with Crippen LogP contribution >= 0.6 is 15.9 Å². The second-order valence-electron chi connectivity index (χ2n) is 6.29. The number of nitrogens with zero attached hydrogens (tertiary/aromatic N) is 4. The normalized spacial score (nSPS) is 14.6. The van der Waals surface area contributed by atoms with E-state index in [2.05, 4.69) is 21.0 Å². The van der Waals surface area contributed by atoms with Crippen LogP contribution < -0.4 is 5.01 Å². The van der Waals surface area contributed by atoms with Crippen LogP contribution in [0.1, 0.15) is 21.6 Å². The van der Waals surface area contributed by atoms with Gasteiger partial charge in [0.2, 0.25) is 0 Å². The summed E-state index contributed by atoms with van der Waals surface area (Å²) in [5.41, 5.74) is 1.51. The summed E-state index contributed by atoms with van der Waals surface area (Å²) in [5.74, 6) is -0.303. The molecule has 0 aliphatic carbocycles. The zero-order chi connectivity index (χ0) is 19.3. The highest BCUT2D eigenvalue weighted by Gasteiger charge is 2.33. The molecular weight excluding hydrogens is 425 g/mol. The Morgan fingerprint density at radius 1 is 1.19 bits per heavy atom. The van der Waals surface area contributed by atoms with Crippen molar-refractivity contribution in [3.63, 3.8) is 0 Å². The van der Waals surface area contributed by atoms with Crippen LogP contribution in [-0.2, 0) is 12.6 Å². The Kier molecular flexibility index (Phi) is 4.14. The maximum Gasteiger partial charge on any atom is 0.416 e. The molecule has 1 amide bonds. The van der Waals surface area contributed by atoms with E-state index in [-0.39, 0.29) is 18.1 Å². The van der Waals surface area contributed by atoms with Gasteiger partial charge < -0.3 is 0 Å². The highest BCUT2D eigenvalue weighted by molar-refractivity contribution is 9.10. The Labute approximate surface area is 161 Å². The number of aromatic nitrogens is 2. The number of hydrogen-bond donors (Lipinski definition) is 0. The average molecular weight is 439 g/mol. The minimum Gasteiger partial charge on any atom is -0.285 e. The molecule has 9 heteroatoms. The molecule has 0 saturated heterocycles. The standard InChI is InChI=1S/C18H14BrF3N4O/c1-24-16-5-2-12(18(20,21)22)8-11(16)6-7-26(24)17(27)15-9-14-4-3-13(19)10-25(14)23-15/h2-5,8-10H,6-7H2,1H3. The number of pyridine rings is 1. The second-order valence-corrected chi connectivity index (χ2v) is 7.21. The number of benzene rings is 1. The Hall–Kier alpha value is -2.55. The minimum atomic E-state index is -4.38. The molecule has 0 atom stereocenters. The summed E-state index contributed by atoms with van der Waals surface area (Å²) >= 11 is 3.36. The molecule has 0 spiro atoms. The summed E-state index contributed by atoms with van der Waals surface area (Å²) in [5, 5.41) is 7.38. The fourth-order valence-electron chi connectivity index (χ4n) is 3.22. The van der Waals surface area contributed by atoms with Gasteiger partial charge in [0.05, 0.1) is 16.8 Å². The summed E-state index contributed by atoms with van der Waals surface area (Å²) in [6.07, 6.45) is -2.29. The van der Waals surface area contributed by atoms with Gasteiger partial charge in [0.15, 0.2) is 5.69 Å². The minimum absolute atomic E-state index is 0.273. The van der Waals surface area contributed by atoms with Crippen LogP contribution in [0.25, 0.3) is 5.52 Å². The molecule has 1 aliphatic heterocycles. The van der Waals surface area contributed by atoms with E-state index in [1.165, 1.54) is 11.1 Å². The van der Waals surface area contributed by atoms with Crippen molar-refractivity contribution in [2.45, 2.75) is 12.6 Å². The lowest BCUT2D eigenvalue weighted by molar-refractivity contribution is -0.137. The van der Waals surface area contributed by atoms with Crippen molar-refractivity contribution in [3.05, 3.63) is 63.9 Å². The smallest absolute Gasteiger partial charge is 0.285 e. The summed E-state index contributed by atoms with van der Waals surface area (Å²) < 4.78 is 41.2. The van der Waals surface area contributed by atoms with E-state index in [9.17, 15) is 18.0 Å². The van der Waals surface area contributed by atoms with Crippen LogP contribution in [0.4, 0.5) is 18.9 Å². The Morgan fingerprint density at radius 3 is 2.70 bits per heavy atom. The first-order valence-electron chi connectivity index (χ1n) is 8.14. The van der Waals surface area contributed by atoms with Crippen molar-refractivity contribution in [1.82, 2.24) is 14.6 Å². The van der Waals surface area contributed by atoms with E-state index in [0.29, 0.717) is 17.7 Å². The third kappa shape index (κ3) is 3.16. The number of carbonyl (C=O) groups is 1. The predicted octanol–water partition coefficient (Wildman–Crippen LogP) is 4.17. The van der Waals surface area contributed by atoms with Gasteiger partial charge in [0, 0.05) is 24.3 Å². The zero-order valence-corrected chi connectivity index (χ0v) is 15.8. The van der Waals surface area contributed by atoms with Crippen molar-refractivity contribution in [3.8, 4) is 0 Å². The van der Waals surface area contributed by atoms with E-state index in [0.717, 1.165) is 22.1 Å². The van der Waals surface area contributed by atoms with Crippen LogP contribution in [0.5, 0.6) is 0 Å². The van der Waals surface area contributed by atoms with Gasteiger partial charge in [-0.25, -0.2) is 9.52 Å². The Bertz CT molecular complexity index is 1050. The van der Waals surface area contributed by atoms with Crippen LogP contribution in [0.15, 0.2) is 47.1 Å². The molecule has 1 aromatic carbocycles. The molecule has 3 heterocycles. The summed E-state index contributed by atoms with van der Waals surface area (Å²) in [6, 6.07) is 8.96. The molecule has 0 bridgehead atoms. The van der Waals surface area contributed by atoms with E-state index in [1.54, 1.807) is 28.8 Å². The van der Waals surface area contributed by atoms with Gasteiger partial charge in [-0.2, -0.15) is 18.3 Å². The maximum atomic E-state index is 12.9. The highest BCUT2D eigenvalue weighted by Crippen LogP contribution is 2.35. The summed E-state index contributed by atoms with van der Waals surface area (Å²) in [4.78, 5) is 12.9. The third-order valence-electron chi connectivity index (χ3n) is 4.59. The first-order chi connectivity index (χ1) is 12.7. The molecule has 0 unspecified atom stereocenters. The molecule has 2 aromatic heterocycles. The maximum absolute atomic E-state index is 12.9. The van der Waals surface area contributed by atoms with Crippen LogP contribution in [0.3, 0.4) is 0 Å². The molecule has 4 rings (SSSR count). The van der Waals surface area contributed by atoms with Crippen molar-refractivity contribution in [1.29, 1.82) is 0 Å².